The maximum absolute atomic E-state index is 3.30. The molecule has 2 aromatic rings. The van der Waals surface area contributed by atoms with E-state index in [-0.39, 0.29) is 0 Å². The Kier molecular flexibility index (Phi) is 3.28. The lowest BCUT2D eigenvalue weighted by Crippen LogP contribution is -1.87. The molecule has 0 radical (unpaired) electrons. The van der Waals surface area contributed by atoms with Crippen molar-refractivity contribution < 1.29 is 0 Å². The lowest BCUT2D eigenvalue weighted by molar-refractivity contribution is 1.55. The van der Waals surface area contributed by atoms with Crippen LogP contribution in [0.4, 0.5) is 11.4 Å². The zero-order valence-electron chi connectivity index (χ0n) is 10.6. The third-order valence-corrected chi connectivity index (χ3v) is 3.05. The molecule has 0 saturated heterocycles. The second-order valence-electron chi connectivity index (χ2n) is 4.43. The quantitative estimate of drug-likeness (QED) is 0.518. The minimum atomic E-state index is 1.12. The molecule has 0 unspecified atom stereocenters. The van der Waals surface area contributed by atoms with Crippen LogP contribution in [0.1, 0.15) is 0 Å². The minimum Gasteiger partial charge on any atom is -0.356 e. The largest absolute Gasteiger partial charge is 0.356 e. The molecule has 0 aliphatic heterocycles. The van der Waals surface area contributed by atoms with E-state index in [2.05, 4.69) is 29.6 Å². The standard InChI is InChI=1S/C12H11N.C6H4/c1-3-7-11(8-4-1)13-12-9-5-2-6-10-12;1-2-6-4-3-5(1)6/h1-10,13H;1-4H. The van der Waals surface area contributed by atoms with Crippen LogP contribution < -0.4 is 5.32 Å². The third kappa shape index (κ3) is 2.83. The van der Waals surface area contributed by atoms with E-state index in [1.54, 1.807) is 0 Å². The first kappa shape index (κ1) is 11.5. The first-order valence-electron chi connectivity index (χ1n) is 6.39. The van der Waals surface area contributed by atoms with E-state index >= 15 is 0 Å². The van der Waals surface area contributed by atoms with Crippen LogP contribution in [0.25, 0.3) is 11.1 Å². The maximum Gasteiger partial charge on any atom is 0.0384 e. The number of rotatable bonds is 2. The molecule has 0 aromatic heterocycles. The average molecular weight is 245 g/mol. The van der Waals surface area contributed by atoms with Crippen molar-refractivity contribution in [1.82, 2.24) is 0 Å². The predicted molar refractivity (Wildman–Crippen MR) is 81.6 cm³/mol. The molecule has 0 heterocycles. The van der Waals surface area contributed by atoms with Crippen molar-refractivity contribution in [1.29, 1.82) is 0 Å². The topological polar surface area (TPSA) is 12.0 Å². The highest BCUT2D eigenvalue weighted by Gasteiger charge is 2.03. The summed E-state index contributed by atoms with van der Waals surface area (Å²) in [7, 11) is 0. The monoisotopic (exact) mass is 245 g/mol. The fourth-order valence-electron chi connectivity index (χ4n) is 1.87. The van der Waals surface area contributed by atoms with Crippen molar-refractivity contribution in [3.63, 3.8) is 0 Å². The summed E-state index contributed by atoms with van der Waals surface area (Å²) in [5.74, 6) is 0. The van der Waals surface area contributed by atoms with Gasteiger partial charge in [0.1, 0.15) is 0 Å². The van der Waals surface area contributed by atoms with E-state index in [0.29, 0.717) is 0 Å². The van der Waals surface area contributed by atoms with Crippen molar-refractivity contribution in [3.05, 3.63) is 84.9 Å². The average Bonchev–Trinajstić information content (AvgIpc) is 2.46. The second kappa shape index (κ2) is 5.40. The number of hydrogen-bond donors (Lipinski definition) is 1. The highest BCUT2D eigenvalue weighted by molar-refractivity contribution is 5.75. The highest BCUT2D eigenvalue weighted by Crippen LogP contribution is 2.29. The summed E-state index contributed by atoms with van der Waals surface area (Å²) in [6.45, 7) is 0. The van der Waals surface area contributed by atoms with E-state index in [1.165, 1.54) is 11.1 Å². The molecular weight excluding hydrogens is 230 g/mol. The molecule has 92 valence electrons. The van der Waals surface area contributed by atoms with Gasteiger partial charge in [0.15, 0.2) is 0 Å². The van der Waals surface area contributed by atoms with E-state index < -0.39 is 0 Å². The van der Waals surface area contributed by atoms with Gasteiger partial charge in [-0.05, 0) is 35.4 Å². The molecule has 19 heavy (non-hydrogen) atoms. The van der Waals surface area contributed by atoms with Crippen molar-refractivity contribution in [3.8, 4) is 11.1 Å². The van der Waals surface area contributed by atoms with Gasteiger partial charge in [-0.3, -0.25) is 0 Å². The number of benzene rings is 3. The summed E-state index contributed by atoms with van der Waals surface area (Å²) >= 11 is 0. The van der Waals surface area contributed by atoms with Crippen LogP contribution in [0.5, 0.6) is 0 Å². The van der Waals surface area contributed by atoms with Gasteiger partial charge in [0.2, 0.25) is 0 Å². The van der Waals surface area contributed by atoms with Crippen LogP contribution in [-0.2, 0) is 0 Å². The van der Waals surface area contributed by atoms with Gasteiger partial charge in [0.25, 0.3) is 0 Å². The fraction of sp³-hybridized carbons (Fsp3) is 0. The summed E-state index contributed by atoms with van der Waals surface area (Å²) < 4.78 is 0. The molecule has 2 aromatic carbocycles. The highest BCUT2D eigenvalue weighted by atomic mass is 14.9. The van der Waals surface area contributed by atoms with E-state index in [0.717, 1.165) is 11.4 Å². The van der Waals surface area contributed by atoms with E-state index in [4.69, 9.17) is 0 Å². The second-order valence-corrected chi connectivity index (χ2v) is 4.43. The molecule has 0 bridgehead atoms. The van der Waals surface area contributed by atoms with Crippen LogP contribution in [0, 0.1) is 0 Å². The van der Waals surface area contributed by atoms with E-state index in [1.807, 2.05) is 60.7 Å². The molecule has 4 rings (SSSR count). The molecule has 0 atom stereocenters. The van der Waals surface area contributed by atoms with Crippen molar-refractivity contribution in [2.24, 2.45) is 0 Å². The van der Waals surface area contributed by atoms with Crippen LogP contribution in [0.3, 0.4) is 0 Å². The Bertz CT molecular complexity index is 569. The van der Waals surface area contributed by atoms with Gasteiger partial charge in [-0.25, -0.2) is 0 Å². The summed E-state index contributed by atoms with van der Waals surface area (Å²) in [4.78, 5) is 0. The lowest BCUT2D eigenvalue weighted by atomic mass is 9.95. The minimum absolute atomic E-state index is 1.12. The fourth-order valence-corrected chi connectivity index (χ4v) is 1.87. The normalized spacial score (nSPS) is 10.1. The molecule has 2 aliphatic carbocycles. The number of hydrogen-bond acceptors (Lipinski definition) is 1. The molecule has 1 heteroatoms. The zero-order valence-corrected chi connectivity index (χ0v) is 10.6. The molecule has 2 aliphatic rings. The number of nitrogens with one attached hydrogen (secondary N) is 1. The maximum atomic E-state index is 3.30. The molecule has 0 fully saturated rings. The summed E-state index contributed by atoms with van der Waals surface area (Å²) in [5.41, 5.74) is 5.09. The Morgan fingerprint density at radius 3 is 1.05 bits per heavy atom. The number of fused-ring (bicyclic) bond motifs is 1. The number of para-hydroxylation sites is 2. The van der Waals surface area contributed by atoms with Crippen LogP contribution in [0.2, 0.25) is 0 Å². The molecule has 1 N–H and O–H groups in total. The molecule has 0 spiro atoms. The van der Waals surface area contributed by atoms with Gasteiger partial charge in [-0.15, -0.1) is 0 Å². The Labute approximate surface area is 113 Å². The van der Waals surface area contributed by atoms with Gasteiger partial charge < -0.3 is 5.32 Å². The van der Waals surface area contributed by atoms with Gasteiger partial charge in [-0.1, -0.05) is 60.7 Å². The van der Waals surface area contributed by atoms with Crippen LogP contribution in [-0.4, -0.2) is 0 Å². The molecular formula is C18H15N. The summed E-state index contributed by atoms with van der Waals surface area (Å²) in [6.07, 6.45) is 0. The molecule has 0 saturated carbocycles. The summed E-state index contributed by atoms with van der Waals surface area (Å²) in [5, 5.41) is 3.30. The smallest absolute Gasteiger partial charge is 0.0384 e. The molecule has 0 amide bonds. The molecule has 1 nitrogen and oxygen atoms in total. The van der Waals surface area contributed by atoms with Crippen molar-refractivity contribution in [2.75, 3.05) is 5.32 Å². The van der Waals surface area contributed by atoms with Crippen molar-refractivity contribution in [2.45, 2.75) is 0 Å². The van der Waals surface area contributed by atoms with Gasteiger partial charge in [0, 0.05) is 11.4 Å². The number of anilines is 2. The van der Waals surface area contributed by atoms with E-state index in [9.17, 15) is 0 Å². The van der Waals surface area contributed by atoms with Gasteiger partial charge >= 0.3 is 0 Å². The van der Waals surface area contributed by atoms with Crippen molar-refractivity contribution >= 4 is 11.4 Å². The van der Waals surface area contributed by atoms with Crippen LogP contribution in [0.15, 0.2) is 84.9 Å². The Hall–Kier alpha value is -2.54. The first-order valence-corrected chi connectivity index (χ1v) is 6.39. The zero-order chi connectivity index (χ0) is 12.9. The Balaban J connectivity index is 0.000000151. The summed E-state index contributed by atoms with van der Waals surface area (Å²) in [6, 6.07) is 28.8. The third-order valence-electron chi connectivity index (χ3n) is 3.05. The Morgan fingerprint density at radius 1 is 0.421 bits per heavy atom. The Morgan fingerprint density at radius 2 is 0.789 bits per heavy atom. The van der Waals surface area contributed by atoms with Gasteiger partial charge in [0.05, 0.1) is 0 Å². The lowest BCUT2D eigenvalue weighted by Gasteiger charge is -2.10. The SMILES string of the molecule is c1cc2ccc1-2.c1ccc(Nc2ccccc2)cc1. The van der Waals surface area contributed by atoms with Gasteiger partial charge in [-0.2, -0.15) is 0 Å². The van der Waals surface area contributed by atoms with Crippen LogP contribution >= 0.6 is 0 Å². The predicted octanol–water partition coefficient (Wildman–Crippen LogP) is 5.10. The first-order chi connectivity index (χ1) is 9.42.